The Kier molecular flexibility index (Phi) is 4.47. The van der Waals surface area contributed by atoms with Crippen molar-refractivity contribution < 1.29 is 14.7 Å². The maximum absolute atomic E-state index is 11.7. The fourth-order valence-electron chi connectivity index (χ4n) is 1.35. The zero-order valence-corrected chi connectivity index (χ0v) is 10.9. The number of aryl methyl sites for hydroxylation is 1. The van der Waals surface area contributed by atoms with E-state index >= 15 is 0 Å². The Labute approximate surface area is 106 Å². The fourth-order valence-corrected chi connectivity index (χ4v) is 1.35. The number of hydrogen-bond acceptors (Lipinski definition) is 3. The molecule has 0 saturated carbocycles. The average Bonchev–Trinajstić information content (AvgIpc) is 2.76. The van der Waals surface area contributed by atoms with E-state index in [1.165, 1.54) is 6.20 Å². The maximum atomic E-state index is 11.7. The molecule has 6 heteroatoms. The summed E-state index contributed by atoms with van der Waals surface area (Å²) < 4.78 is 1.66. The lowest BCUT2D eigenvalue weighted by molar-refractivity contribution is -0.147. The van der Waals surface area contributed by atoms with Gasteiger partial charge in [-0.05, 0) is 27.2 Å². The predicted molar refractivity (Wildman–Crippen MR) is 66.3 cm³/mol. The molecule has 0 fully saturated rings. The van der Waals surface area contributed by atoms with Crippen LogP contribution in [0.25, 0.3) is 0 Å². The lowest BCUT2D eigenvalue weighted by atomic mass is 9.90. The lowest BCUT2D eigenvalue weighted by Gasteiger charge is -2.18. The third-order valence-electron chi connectivity index (χ3n) is 2.83. The molecule has 6 nitrogen and oxygen atoms in total. The topological polar surface area (TPSA) is 84.2 Å². The molecule has 1 heterocycles. The van der Waals surface area contributed by atoms with Crippen LogP contribution in [-0.2, 0) is 11.3 Å². The lowest BCUT2D eigenvalue weighted by Crippen LogP contribution is -2.31. The van der Waals surface area contributed by atoms with Gasteiger partial charge in [-0.25, -0.2) is 0 Å². The summed E-state index contributed by atoms with van der Waals surface area (Å²) in [5.41, 5.74) is -0.342. The third kappa shape index (κ3) is 3.58. The highest BCUT2D eigenvalue weighted by molar-refractivity contribution is 5.93. The zero-order valence-electron chi connectivity index (χ0n) is 10.9. The highest BCUT2D eigenvalue weighted by atomic mass is 16.4. The fraction of sp³-hybridized carbons (Fsp3) is 0.583. The molecule has 1 aromatic heterocycles. The average molecular weight is 253 g/mol. The van der Waals surface area contributed by atoms with Gasteiger partial charge in [0.1, 0.15) is 0 Å². The summed E-state index contributed by atoms with van der Waals surface area (Å²) in [5.74, 6) is -1.09. The van der Waals surface area contributed by atoms with Gasteiger partial charge in [0.15, 0.2) is 0 Å². The molecule has 1 rings (SSSR count). The molecule has 0 bridgehead atoms. The van der Waals surface area contributed by atoms with Crippen LogP contribution in [0.4, 0.5) is 0 Å². The number of amides is 1. The van der Waals surface area contributed by atoms with Gasteiger partial charge < -0.3 is 10.4 Å². The Bertz CT molecular complexity index is 438. The van der Waals surface area contributed by atoms with Crippen molar-refractivity contribution in [3.05, 3.63) is 18.0 Å². The highest BCUT2D eigenvalue weighted by Gasteiger charge is 2.26. The first kappa shape index (κ1) is 14.2. The van der Waals surface area contributed by atoms with E-state index in [1.807, 2.05) is 6.92 Å². The minimum absolute atomic E-state index is 0.226. The standard InChI is InChI=1S/C12H19N3O3/c1-4-15-8-9(7-14-15)10(16)13-6-5-12(2,3)11(17)18/h7-8H,4-6H2,1-3H3,(H,13,16)(H,17,18). The molecule has 0 aromatic carbocycles. The summed E-state index contributed by atoms with van der Waals surface area (Å²) in [6.45, 7) is 6.24. The molecule has 18 heavy (non-hydrogen) atoms. The van der Waals surface area contributed by atoms with Crippen LogP contribution >= 0.6 is 0 Å². The molecule has 1 aromatic rings. The summed E-state index contributed by atoms with van der Waals surface area (Å²) in [6, 6.07) is 0. The molecule has 0 aliphatic rings. The van der Waals surface area contributed by atoms with Crippen molar-refractivity contribution in [2.45, 2.75) is 33.7 Å². The molecule has 2 N–H and O–H groups in total. The van der Waals surface area contributed by atoms with Crippen molar-refractivity contribution in [3.8, 4) is 0 Å². The van der Waals surface area contributed by atoms with Gasteiger partial charge >= 0.3 is 5.97 Å². The monoisotopic (exact) mass is 253 g/mol. The van der Waals surface area contributed by atoms with Gasteiger partial charge in [0.2, 0.25) is 0 Å². The van der Waals surface area contributed by atoms with Crippen molar-refractivity contribution in [2.24, 2.45) is 5.41 Å². The summed E-state index contributed by atoms with van der Waals surface area (Å²) in [5, 5.41) is 15.6. The van der Waals surface area contributed by atoms with Crippen LogP contribution in [0.3, 0.4) is 0 Å². The van der Waals surface area contributed by atoms with Gasteiger partial charge in [-0.15, -0.1) is 0 Å². The van der Waals surface area contributed by atoms with Gasteiger partial charge in [0.05, 0.1) is 17.2 Å². The molecular weight excluding hydrogens is 234 g/mol. The number of carbonyl (C=O) groups is 2. The normalized spacial score (nSPS) is 11.3. The maximum Gasteiger partial charge on any atom is 0.309 e. The van der Waals surface area contributed by atoms with Gasteiger partial charge in [0.25, 0.3) is 5.91 Å². The number of carboxylic acid groups (broad SMARTS) is 1. The van der Waals surface area contributed by atoms with E-state index in [9.17, 15) is 9.59 Å². The Hall–Kier alpha value is -1.85. The zero-order chi connectivity index (χ0) is 13.8. The minimum Gasteiger partial charge on any atom is -0.481 e. The van der Waals surface area contributed by atoms with Crippen molar-refractivity contribution in [3.63, 3.8) is 0 Å². The van der Waals surface area contributed by atoms with Crippen LogP contribution < -0.4 is 5.32 Å². The number of nitrogens with zero attached hydrogens (tertiary/aromatic N) is 2. The molecule has 0 aliphatic heterocycles. The van der Waals surface area contributed by atoms with Crippen molar-refractivity contribution in [1.82, 2.24) is 15.1 Å². The molecule has 100 valence electrons. The summed E-state index contributed by atoms with van der Waals surface area (Å²) in [7, 11) is 0. The van der Waals surface area contributed by atoms with Gasteiger partial charge in [-0.2, -0.15) is 5.10 Å². The largest absolute Gasteiger partial charge is 0.481 e. The Morgan fingerprint density at radius 3 is 2.67 bits per heavy atom. The molecule has 0 radical (unpaired) electrons. The van der Waals surface area contributed by atoms with Crippen molar-refractivity contribution >= 4 is 11.9 Å². The van der Waals surface area contributed by atoms with E-state index in [2.05, 4.69) is 10.4 Å². The minimum atomic E-state index is -0.865. The Morgan fingerprint density at radius 1 is 1.50 bits per heavy atom. The summed E-state index contributed by atoms with van der Waals surface area (Å²) in [6.07, 6.45) is 3.55. The first-order valence-electron chi connectivity index (χ1n) is 5.91. The summed E-state index contributed by atoms with van der Waals surface area (Å²) >= 11 is 0. The van der Waals surface area contributed by atoms with Crippen LogP contribution in [0.1, 0.15) is 37.6 Å². The second kappa shape index (κ2) is 5.66. The van der Waals surface area contributed by atoms with Gasteiger partial charge in [-0.3, -0.25) is 14.3 Å². The number of hydrogen-bond donors (Lipinski definition) is 2. The van der Waals surface area contributed by atoms with E-state index in [0.29, 0.717) is 25.1 Å². The number of aliphatic carboxylic acids is 1. The number of carboxylic acids is 1. The molecule has 0 spiro atoms. The van der Waals surface area contributed by atoms with Crippen LogP contribution in [0.5, 0.6) is 0 Å². The molecule has 1 amide bonds. The number of carbonyl (C=O) groups excluding carboxylic acids is 1. The number of aromatic nitrogens is 2. The highest BCUT2D eigenvalue weighted by Crippen LogP contribution is 2.19. The Morgan fingerprint density at radius 2 is 2.17 bits per heavy atom. The van der Waals surface area contributed by atoms with Crippen LogP contribution in [0, 0.1) is 5.41 Å². The quantitative estimate of drug-likeness (QED) is 0.796. The second-order valence-electron chi connectivity index (χ2n) is 4.78. The second-order valence-corrected chi connectivity index (χ2v) is 4.78. The molecular formula is C12H19N3O3. The van der Waals surface area contributed by atoms with E-state index in [-0.39, 0.29) is 5.91 Å². The molecule has 0 atom stereocenters. The number of nitrogens with one attached hydrogen (secondary N) is 1. The first-order chi connectivity index (χ1) is 8.36. The Balaban J connectivity index is 2.45. The SMILES string of the molecule is CCn1cc(C(=O)NCCC(C)(C)C(=O)O)cn1. The first-order valence-corrected chi connectivity index (χ1v) is 5.91. The van der Waals surface area contributed by atoms with Gasteiger partial charge in [-0.1, -0.05) is 0 Å². The summed E-state index contributed by atoms with van der Waals surface area (Å²) in [4.78, 5) is 22.6. The van der Waals surface area contributed by atoms with Gasteiger partial charge in [0, 0.05) is 19.3 Å². The smallest absolute Gasteiger partial charge is 0.309 e. The molecule has 0 aliphatic carbocycles. The predicted octanol–water partition coefficient (Wildman–Crippen LogP) is 1.13. The van der Waals surface area contributed by atoms with Crippen LogP contribution in [-0.4, -0.2) is 33.3 Å². The van der Waals surface area contributed by atoms with E-state index in [1.54, 1.807) is 24.7 Å². The number of rotatable bonds is 6. The van der Waals surface area contributed by atoms with E-state index in [0.717, 1.165) is 0 Å². The van der Waals surface area contributed by atoms with Crippen LogP contribution in [0.2, 0.25) is 0 Å². The molecule has 0 unspecified atom stereocenters. The van der Waals surface area contributed by atoms with Crippen molar-refractivity contribution in [1.29, 1.82) is 0 Å². The van der Waals surface area contributed by atoms with Crippen molar-refractivity contribution in [2.75, 3.05) is 6.54 Å². The van der Waals surface area contributed by atoms with E-state index < -0.39 is 11.4 Å². The van der Waals surface area contributed by atoms with Crippen LogP contribution in [0.15, 0.2) is 12.4 Å². The molecule has 0 saturated heterocycles. The third-order valence-corrected chi connectivity index (χ3v) is 2.83. The van der Waals surface area contributed by atoms with E-state index in [4.69, 9.17) is 5.11 Å².